The summed E-state index contributed by atoms with van der Waals surface area (Å²) in [5, 5.41) is 14.4. The molecule has 0 aliphatic rings. The molecule has 8 heteroatoms. The van der Waals surface area contributed by atoms with Crippen molar-refractivity contribution in [1.82, 2.24) is 20.7 Å². The van der Waals surface area contributed by atoms with Gasteiger partial charge in [0, 0.05) is 11.5 Å². The summed E-state index contributed by atoms with van der Waals surface area (Å²) in [5.74, 6) is 0.272. The summed E-state index contributed by atoms with van der Waals surface area (Å²) in [6.07, 6.45) is 1.54. The highest BCUT2D eigenvalue weighted by atomic mass is 16.5. The Hall–Kier alpha value is -3.68. The van der Waals surface area contributed by atoms with Crippen molar-refractivity contribution in [3.63, 3.8) is 0 Å². The molecule has 0 saturated carbocycles. The van der Waals surface area contributed by atoms with Gasteiger partial charge in [-0.25, -0.2) is 5.10 Å². The Balaban J connectivity index is 1.49. The lowest BCUT2D eigenvalue weighted by atomic mass is 10.0. The first-order chi connectivity index (χ1) is 13.1. The molecule has 1 unspecified atom stereocenters. The van der Waals surface area contributed by atoms with Crippen molar-refractivity contribution in [2.75, 3.05) is 0 Å². The van der Waals surface area contributed by atoms with E-state index in [9.17, 15) is 9.59 Å². The molecular weight excluding hydrogens is 348 g/mol. The summed E-state index contributed by atoms with van der Waals surface area (Å²) in [4.78, 5) is 24.4. The van der Waals surface area contributed by atoms with Crippen LogP contribution in [0.5, 0.6) is 0 Å². The molecule has 3 aromatic heterocycles. The van der Waals surface area contributed by atoms with E-state index in [1.165, 1.54) is 0 Å². The van der Waals surface area contributed by atoms with E-state index < -0.39 is 5.92 Å². The fourth-order valence-corrected chi connectivity index (χ4v) is 2.85. The van der Waals surface area contributed by atoms with Gasteiger partial charge in [-0.2, -0.15) is 5.10 Å². The van der Waals surface area contributed by atoms with E-state index in [2.05, 4.69) is 20.7 Å². The van der Waals surface area contributed by atoms with Gasteiger partial charge in [0.05, 0.1) is 29.8 Å². The van der Waals surface area contributed by atoms with Crippen LogP contribution in [0.15, 0.2) is 62.5 Å². The summed E-state index contributed by atoms with van der Waals surface area (Å²) in [7, 11) is 0. The van der Waals surface area contributed by atoms with Crippen molar-refractivity contribution >= 4 is 16.7 Å². The van der Waals surface area contributed by atoms with Crippen LogP contribution in [0.2, 0.25) is 0 Å². The standard InChI is InChI=1S/C19H16N4O4/c1-11(17-13-5-2-3-6-14(13)19(25)22-21-17)18(24)20-10-12-9-16(27-23-12)15-7-4-8-26-15/h2-9,11H,10H2,1H3,(H,20,24)(H,22,25). The lowest BCUT2D eigenvalue weighted by molar-refractivity contribution is -0.122. The molecular formula is C19H16N4O4. The van der Waals surface area contributed by atoms with Crippen molar-refractivity contribution in [3.8, 4) is 11.5 Å². The van der Waals surface area contributed by atoms with E-state index >= 15 is 0 Å². The molecule has 3 heterocycles. The number of carbonyl (C=O) groups excluding carboxylic acids is 1. The molecule has 1 aromatic carbocycles. The minimum atomic E-state index is -0.553. The first-order valence-electron chi connectivity index (χ1n) is 8.38. The lowest BCUT2D eigenvalue weighted by Gasteiger charge is -2.12. The third kappa shape index (κ3) is 3.24. The van der Waals surface area contributed by atoms with Crippen molar-refractivity contribution in [3.05, 3.63) is 70.5 Å². The highest BCUT2D eigenvalue weighted by molar-refractivity contribution is 5.90. The smallest absolute Gasteiger partial charge is 0.272 e. The van der Waals surface area contributed by atoms with Crippen LogP contribution >= 0.6 is 0 Å². The largest absolute Gasteiger partial charge is 0.461 e. The van der Waals surface area contributed by atoms with Gasteiger partial charge in [-0.1, -0.05) is 23.4 Å². The van der Waals surface area contributed by atoms with Gasteiger partial charge in [-0.3, -0.25) is 9.59 Å². The number of nitrogens with zero attached hydrogens (tertiary/aromatic N) is 2. The van der Waals surface area contributed by atoms with Gasteiger partial charge in [0.15, 0.2) is 5.76 Å². The number of rotatable bonds is 5. The minimum absolute atomic E-state index is 0.203. The number of nitrogens with one attached hydrogen (secondary N) is 2. The molecule has 2 N–H and O–H groups in total. The zero-order valence-electron chi connectivity index (χ0n) is 14.4. The average molecular weight is 364 g/mol. The van der Waals surface area contributed by atoms with E-state index in [4.69, 9.17) is 8.94 Å². The van der Waals surface area contributed by atoms with Gasteiger partial charge >= 0.3 is 0 Å². The highest BCUT2D eigenvalue weighted by Gasteiger charge is 2.20. The van der Waals surface area contributed by atoms with Crippen LogP contribution in [0.1, 0.15) is 24.2 Å². The van der Waals surface area contributed by atoms with E-state index in [-0.39, 0.29) is 18.0 Å². The summed E-state index contributed by atoms with van der Waals surface area (Å²) in [6, 6.07) is 12.3. The van der Waals surface area contributed by atoms with Gasteiger partial charge in [-0.05, 0) is 25.1 Å². The number of H-pyrrole nitrogens is 1. The Morgan fingerprint density at radius 2 is 2.00 bits per heavy atom. The Kier molecular flexibility index (Phi) is 4.29. The monoisotopic (exact) mass is 364 g/mol. The molecule has 0 spiro atoms. The summed E-state index contributed by atoms with van der Waals surface area (Å²) < 4.78 is 10.5. The summed E-state index contributed by atoms with van der Waals surface area (Å²) in [5.41, 5.74) is 0.801. The van der Waals surface area contributed by atoms with E-state index in [0.29, 0.717) is 33.7 Å². The van der Waals surface area contributed by atoms with Gasteiger partial charge in [0.25, 0.3) is 5.56 Å². The molecule has 0 radical (unpaired) electrons. The maximum atomic E-state index is 12.6. The molecule has 4 rings (SSSR count). The van der Waals surface area contributed by atoms with Gasteiger partial charge < -0.3 is 14.3 Å². The predicted octanol–water partition coefficient (Wildman–Crippen LogP) is 2.59. The quantitative estimate of drug-likeness (QED) is 0.563. The van der Waals surface area contributed by atoms with Crippen LogP contribution in [-0.4, -0.2) is 21.3 Å². The second-order valence-corrected chi connectivity index (χ2v) is 6.08. The average Bonchev–Trinajstić information content (AvgIpc) is 3.38. The Labute approximate surface area is 153 Å². The molecule has 8 nitrogen and oxygen atoms in total. The van der Waals surface area contributed by atoms with Crippen molar-refractivity contribution in [1.29, 1.82) is 0 Å². The first-order valence-corrected chi connectivity index (χ1v) is 8.38. The van der Waals surface area contributed by atoms with E-state index in [0.717, 1.165) is 0 Å². The van der Waals surface area contributed by atoms with Crippen molar-refractivity contribution < 1.29 is 13.7 Å². The van der Waals surface area contributed by atoms with Crippen molar-refractivity contribution in [2.24, 2.45) is 0 Å². The number of aromatic nitrogens is 3. The third-order valence-electron chi connectivity index (χ3n) is 4.30. The maximum Gasteiger partial charge on any atom is 0.272 e. The van der Waals surface area contributed by atoms with Crippen LogP contribution < -0.4 is 10.9 Å². The summed E-state index contributed by atoms with van der Waals surface area (Å²) >= 11 is 0. The number of hydrogen-bond acceptors (Lipinski definition) is 6. The fraction of sp³-hybridized carbons (Fsp3) is 0.158. The highest BCUT2D eigenvalue weighted by Crippen LogP contribution is 2.22. The zero-order chi connectivity index (χ0) is 18.8. The second-order valence-electron chi connectivity index (χ2n) is 6.08. The Morgan fingerprint density at radius 3 is 2.78 bits per heavy atom. The number of furan rings is 1. The number of carbonyl (C=O) groups is 1. The number of hydrogen-bond donors (Lipinski definition) is 2. The van der Waals surface area contributed by atoms with E-state index in [1.807, 2.05) is 6.07 Å². The number of aromatic amines is 1. The molecule has 0 saturated heterocycles. The Bertz CT molecular complexity index is 1140. The molecule has 27 heavy (non-hydrogen) atoms. The van der Waals surface area contributed by atoms with Crippen LogP contribution in [-0.2, 0) is 11.3 Å². The number of benzene rings is 1. The fourth-order valence-electron chi connectivity index (χ4n) is 2.85. The van der Waals surface area contributed by atoms with Crippen LogP contribution in [0, 0.1) is 0 Å². The van der Waals surface area contributed by atoms with Gasteiger partial charge in [0.2, 0.25) is 11.7 Å². The predicted molar refractivity (Wildman–Crippen MR) is 96.8 cm³/mol. The minimum Gasteiger partial charge on any atom is -0.461 e. The maximum absolute atomic E-state index is 12.6. The molecule has 0 fully saturated rings. The molecule has 136 valence electrons. The number of fused-ring (bicyclic) bond motifs is 1. The second kappa shape index (κ2) is 6.91. The molecule has 0 aliphatic carbocycles. The molecule has 4 aromatic rings. The van der Waals surface area contributed by atoms with Gasteiger partial charge in [0.1, 0.15) is 5.69 Å². The Morgan fingerprint density at radius 1 is 1.19 bits per heavy atom. The number of amides is 1. The molecule has 0 bridgehead atoms. The van der Waals surface area contributed by atoms with Gasteiger partial charge in [-0.15, -0.1) is 0 Å². The lowest BCUT2D eigenvalue weighted by Crippen LogP contribution is -2.29. The van der Waals surface area contributed by atoms with Crippen molar-refractivity contribution in [2.45, 2.75) is 19.4 Å². The van der Waals surface area contributed by atoms with Crippen LogP contribution in [0.4, 0.5) is 0 Å². The zero-order valence-corrected chi connectivity index (χ0v) is 14.4. The molecule has 0 aliphatic heterocycles. The molecule has 1 atom stereocenters. The first kappa shape index (κ1) is 16.8. The molecule has 1 amide bonds. The van der Waals surface area contributed by atoms with Crippen LogP contribution in [0.3, 0.4) is 0 Å². The summed E-state index contributed by atoms with van der Waals surface area (Å²) in [6.45, 7) is 1.94. The normalized spacial score (nSPS) is 12.2. The third-order valence-corrected chi connectivity index (χ3v) is 4.30. The van der Waals surface area contributed by atoms with Crippen LogP contribution in [0.25, 0.3) is 22.3 Å². The van der Waals surface area contributed by atoms with E-state index in [1.54, 1.807) is 49.6 Å². The SMILES string of the molecule is CC(C(=O)NCc1cc(-c2ccco2)on1)c1n[nH]c(=O)c2ccccc12. The topological polar surface area (TPSA) is 114 Å².